The van der Waals surface area contributed by atoms with E-state index in [4.69, 9.17) is 14.2 Å². The minimum atomic E-state index is -1.78. The summed E-state index contributed by atoms with van der Waals surface area (Å²) in [5, 5.41) is 63.6. The summed E-state index contributed by atoms with van der Waals surface area (Å²) in [6.07, 6.45) is -1.25. The molecule has 10 nitrogen and oxygen atoms in total. The molecule has 10 heteroatoms. The van der Waals surface area contributed by atoms with Crippen LogP contribution in [-0.4, -0.2) is 96.8 Å². The maximum Gasteiger partial charge on any atom is 0.335 e. The number of carboxylic acid groups (broad SMARTS) is 1. The summed E-state index contributed by atoms with van der Waals surface area (Å²) in [7, 11) is 0. The predicted molar refractivity (Wildman–Crippen MR) is 168 cm³/mol. The fourth-order valence-corrected chi connectivity index (χ4v) is 12.6. The highest BCUT2D eigenvalue weighted by Gasteiger charge is 2.72. The second kappa shape index (κ2) is 11.1. The molecule has 0 unspecified atom stereocenters. The number of carboxylic acids is 1. The third kappa shape index (κ3) is 4.82. The van der Waals surface area contributed by atoms with E-state index in [0.717, 1.165) is 51.4 Å². The van der Waals surface area contributed by atoms with Crippen molar-refractivity contribution in [3.8, 4) is 0 Å². The minimum Gasteiger partial charge on any atom is -0.479 e. The molecule has 16 atom stereocenters. The summed E-state index contributed by atoms with van der Waals surface area (Å²) in [4.78, 5) is 11.6. The van der Waals surface area contributed by atoms with E-state index in [1.807, 2.05) is 13.8 Å². The molecule has 0 spiro atoms. The van der Waals surface area contributed by atoms with Crippen molar-refractivity contribution in [3.63, 3.8) is 0 Å². The maximum absolute atomic E-state index is 12.2. The van der Waals surface area contributed by atoms with Crippen LogP contribution in [0.3, 0.4) is 0 Å². The van der Waals surface area contributed by atoms with Gasteiger partial charge in [0.1, 0.15) is 18.3 Å². The molecule has 0 aromatic carbocycles. The monoisotopic (exact) mass is 652 g/mol. The zero-order chi connectivity index (χ0) is 34.0. The highest BCUT2D eigenvalue weighted by Crippen LogP contribution is 2.76. The Morgan fingerprint density at radius 1 is 0.783 bits per heavy atom. The van der Waals surface area contributed by atoms with Crippen LogP contribution in [0, 0.1) is 45.3 Å². The van der Waals surface area contributed by atoms with Gasteiger partial charge in [0.25, 0.3) is 0 Å². The van der Waals surface area contributed by atoms with Crippen LogP contribution in [0.2, 0.25) is 0 Å². The normalized spacial score (nSPS) is 55.3. The van der Waals surface area contributed by atoms with Crippen molar-refractivity contribution in [1.29, 1.82) is 0 Å². The van der Waals surface area contributed by atoms with Crippen LogP contribution in [0.15, 0.2) is 0 Å². The predicted octanol–water partition coefficient (Wildman–Crippen LogP) is 3.63. The van der Waals surface area contributed by atoms with Gasteiger partial charge in [0, 0.05) is 0 Å². The number of aliphatic hydroxyl groups is 5. The molecule has 46 heavy (non-hydrogen) atoms. The molecular weight excluding hydrogens is 592 g/mol. The first-order valence-electron chi connectivity index (χ1n) is 17.8. The van der Waals surface area contributed by atoms with Crippen LogP contribution in [0.25, 0.3) is 0 Å². The summed E-state index contributed by atoms with van der Waals surface area (Å²) in [6.45, 7) is 17.7. The minimum absolute atomic E-state index is 0.0620. The molecule has 4 saturated carbocycles. The quantitative estimate of drug-likeness (QED) is 0.258. The molecule has 6 aliphatic rings. The van der Waals surface area contributed by atoms with Crippen LogP contribution in [0.1, 0.15) is 113 Å². The standard InChI is InChI=1S/C36H60O10/c1-31(2)20-10-15-34(6)21(33(20,5)13-11-22(31)38)17-19(37)24-18(9-14-35(24,34)7)36(8)16-12-23(45-36)32(3,4)46-30-27(41)25(39)26(40)28(44-30)29(42)43/h18-28,30,37-41H,9-17H2,1-8H3,(H,42,43)/t18-,19+,20-,21+,22-,23+,24-,25-,26-,27+,28-,30-,33-,34+,35+,36-/m0/s1. The Balaban J connectivity index is 1.21. The smallest absolute Gasteiger partial charge is 0.335 e. The van der Waals surface area contributed by atoms with Gasteiger partial charge in [-0.1, -0.05) is 34.6 Å². The van der Waals surface area contributed by atoms with Crippen molar-refractivity contribution < 1.29 is 49.6 Å². The van der Waals surface area contributed by atoms with E-state index >= 15 is 0 Å². The molecule has 4 aliphatic carbocycles. The maximum atomic E-state index is 12.2. The number of carbonyl (C=O) groups is 1. The van der Waals surface area contributed by atoms with Crippen molar-refractivity contribution >= 4 is 5.97 Å². The van der Waals surface area contributed by atoms with E-state index in [1.54, 1.807) is 0 Å². The molecule has 264 valence electrons. The highest BCUT2D eigenvalue weighted by molar-refractivity contribution is 5.73. The molecular formula is C36H60O10. The fraction of sp³-hybridized carbons (Fsp3) is 0.972. The first kappa shape index (κ1) is 35.0. The molecule has 6 fully saturated rings. The lowest BCUT2D eigenvalue weighted by molar-refractivity contribution is -0.328. The van der Waals surface area contributed by atoms with Crippen molar-refractivity contribution in [1.82, 2.24) is 0 Å². The van der Waals surface area contributed by atoms with Crippen LogP contribution in [0.4, 0.5) is 0 Å². The van der Waals surface area contributed by atoms with E-state index in [0.29, 0.717) is 18.3 Å². The van der Waals surface area contributed by atoms with Gasteiger partial charge < -0.3 is 44.8 Å². The Bertz CT molecular complexity index is 1190. The number of fused-ring (bicyclic) bond motifs is 5. The largest absolute Gasteiger partial charge is 0.479 e. The molecule has 6 rings (SSSR count). The average molecular weight is 653 g/mol. The van der Waals surface area contributed by atoms with Gasteiger partial charge in [0.05, 0.1) is 29.5 Å². The first-order chi connectivity index (χ1) is 21.1. The number of aliphatic carboxylic acids is 1. The fourth-order valence-electron chi connectivity index (χ4n) is 12.6. The van der Waals surface area contributed by atoms with E-state index in [9.17, 15) is 35.4 Å². The Hall–Kier alpha value is -0.850. The van der Waals surface area contributed by atoms with E-state index in [2.05, 4.69) is 41.5 Å². The third-order valence-corrected chi connectivity index (χ3v) is 15.5. The molecule has 2 saturated heterocycles. The van der Waals surface area contributed by atoms with Crippen molar-refractivity contribution in [3.05, 3.63) is 0 Å². The average Bonchev–Trinajstić information content (AvgIpc) is 3.56. The van der Waals surface area contributed by atoms with Gasteiger partial charge in [0.2, 0.25) is 0 Å². The number of hydrogen-bond acceptors (Lipinski definition) is 9. The second-order valence-electron chi connectivity index (χ2n) is 18.2. The molecule has 6 N–H and O–H groups in total. The lowest BCUT2D eigenvalue weighted by Gasteiger charge is -2.70. The van der Waals surface area contributed by atoms with Gasteiger partial charge >= 0.3 is 5.97 Å². The number of ether oxygens (including phenoxy) is 3. The van der Waals surface area contributed by atoms with Crippen molar-refractivity contribution in [2.75, 3.05) is 0 Å². The van der Waals surface area contributed by atoms with E-state index in [-0.39, 0.29) is 39.6 Å². The van der Waals surface area contributed by atoms with Crippen molar-refractivity contribution in [2.45, 2.75) is 173 Å². The summed E-state index contributed by atoms with van der Waals surface area (Å²) in [6, 6.07) is 0. The molecule has 0 aromatic heterocycles. The summed E-state index contributed by atoms with van der Waals surface area (Å²) >= 11 is 0. The summed E-state index contributed by atoms with van der Waals surface area (Å²) < 4.78 is 18.5. The topological polar surface area (TPSA) is 166 Å². The molecule has 2 aliphatic heterocycles. The molecule has 0 amide bonds. The summed E-state index contributed by atoms with van der Waals surface area (Å²) in [5.74, 6) is -0.422. The number of rotatable bonds is 5. The van der Waals surface area contributed by atoms with Crippen LogP contribution in [0.5, 0.6) is 0 Å². The zero-order valence-electron chi connectivity index (χ0n) is 29.1. The van der Waals surface area contributed by atoms with Gasteiger partial charge in [-0.05, 0) is 124 Å². The lowest BCUT2D eigenvalue weighted by Crippen LogP contribution is -2.66. The Kier molecular flexibility index (Phi) is 8.43. The van der Waals surface area contributed by atoms with Gasteiger partial charge in [-0.2, -0.15) is 0 Å². The Labute approximate surface area is 274 Å². The summed E-state index contributed by atoms with van der Waals surface area (Å²) in [5.41, 5.74) is -1.60. The number of hydrogen-bond donors (Lipinski definition) is 6. The number of aliphatic hydroxyl groups excluding tert-OH is 5. The Morgan fingerprint density at radius 3 is 2.09 bits per heavy atom. The SMILES string of the molecule is CC(C)(O[C@@H]1O[C@H](C(=O)O)[C@@H](O)[C@H](O)[C@H]1O)[C@H]1CC[C@@](C)([C@H]2CC[C@]3(C)[C@@H]2[C@H](O)C[C@@H]2[C@@]4(C)CC[C@H](O)C(C)(C)[C@@H]4CC[C@]23C)O1. The lowest BCUT2D eigenvalue weighted by atomic mass is 9.35. The second-order valence-corrected chi connectivity index (χ2v) is 18.2. The van der Waals surface area contributed by atoms with E-state index in [1.165, 1.54) is 0 Å². The molecule has 2 heterocycles. The van der Waals surface area contributed by atoms with Gasteiger partial charge in [-0.25, -0.2) is 4.79 Å². The van der Waals surface area contributed by atoms with Gasteiger partial charge in [-0.15, -0.1) is 0 Å². The van der Waals surface area contributed by atoms with Crippen LogP contribution >= 0.6 is 0 Å². The molecule has 0 aromatic rings. The molecule has 0 radical (unpaired) electrons. The van der Waals surface area contributed by atoms with Gasteiger partial charge in [0.15, 0.2) is 12.4 Å². The third-order valence-electron chi connectivity index (χ3n) is 15.5. The van der Waals surface area contributed by atoms with Crippen LogP contribution in [-0.2, 0) is 19.0 Å². The Morgan fingerprint density at radius 2 is 1.43 bits per heavy atom. The first-order valence-corrected chi connectivity index (χ1v) is 17.8. The van der Waals surface area contributed by atoms with Crippen molar-refractivity contribution in [2.24, 2.45) is 45.3 Å². The van der Waals surface area contributed by atoms with Crippen LogP contribution < -0.4 is 0 Å². The van der Waals surface area contributed by atoms with E-state index < -0.39 is 60.1 Å². The zero-order valence-corrected chi connectivity index (χ0v) is 29.1. The molecule has 0 bridgehead atoms. The highest BCUT2D eigenvalue weighted by atomic mass is 16.7. The van der Waals surface area contributed by atoms with Gasteiger partial charge in [-0.3, -0.25) is 0 Å².